The number of hydrogen-bond acceptors (Lipinski definition) is 8. The molecule has 0 aromatic heterocycles. The molecule has 13 heteroatoms. The zero-order valence-electron chi connectivity index (χ0n) is 21.9. The highest BCUT2D eigenvalue weighted by atomic mass is 16.4. The minimum Gasteiger partial charge on any atom is -0.480 e. The number of aliphatic carboxylic acids is 4. The van der Waals surface area contributed by atoms with Crippen molar-refractivity contribution in [3.63, 3.8) is 0 Å². The van der Waals surface area contributed by atoms with E-state index in [0.717, 1.165) is 24.2 Å². The molecule has 5 N–H and O–H groups in total. The maximum atomic E-state index is 12.3. The first kappa shape index (κ1) is 34.2. The molecular weight excluding hydrogens is 488 g/mol. The minimum atomic E-state index is -1.21. The Morgan fingerprint density at radius 2 is 0.865 bits per heavy atom. The van der Waals surface area contributed by atoms with Gasteiger partial charge in [0.1, 0.15) is 0 Å². The van der Waals surface area contributed by atoms with Crippen molar-refractivity contribution >= 4 is 29.8 Å². The van der Waals surface area contributed by atoms with E-state index in [0.29, 0.717) is 6.54 Å². The number of rotatable bonds is 25. The fourth-order valence-electron chi connectivity index (χ4n) is 3.77. The first-order valence-electron chi connectivity index (χ1n) is 12.8. The van der Waals surface area contributed by atoms with Gasteiger partial charge >= 0.3 is 23.9 Å². The van der Waals surface area contributed by atoms with E-state index < -0.39 is 50.1 Å². The van der Waals surface area contributed by atoms with Crippen LogP contribution >= 0.6 is 0 Å². The van der Waals surface area contributed by atoms with Crippen LogP contribution in [0.2, 0.25) is 0 Å². The number of carbonyl (C=O) groups is 5. The molecular formula is C24H44N4O9. The van der Waals surface area contributed by atoms with Crippen LogP contribution in [0.15, 0.2) is 0 Å². The molecule has 13 nitrogen and oxygen atoms in total. The third-order valence-electron chi connectivity index (χ3n) is 5.62. The minimum absolute atomic E-state index is 0.0100. The van der Waals surface area contributed by atoms with Gasteiger partial charge in [-0.2, -0.15) is 0 Å². The van der Waals surface area contributed by atoms with E-state index in [9.17, 15) is 34.2 Å². The maximum absolute atomic E-state index is 12.3. The Morgan fingerprint density at radius 1 is 0.514 bits per heavy atom. The number of unbranched alkanes of at least 4 members (excludes halogenated alkanes) is 7. The summed E-state index contributed by atoms with van der Waals surface area (Å²) in [5.74, 6) is -5.01. The summed E-state index contributed by atoms with van der Waals surface area (Å²) in [7, 11) is 0. The molecule has 0 fully saturated rings. The average Bonchev–Trinajstić information content (AvgIpc) is 2.78. The average molecular weight is 533 g/mol. The van der Waals surface area contributed by atoms with Crippen molar-refractivity contribution in [3.8, 4) is 0 Å². The van der Waals surface area contributed by atoms with Crippen LogP contribution in [0.4, 0.5) is 0 Å². The van der Waals surface area contributed by atoms with Crippen LogP contribution in [-0.4, -0.2) is 130 Å². The molecule has 0 aromatic carbocycles. The summed E-state index contributed by atoms with van der Waals surface area (Å²) in [5, 5.41) is 39.1. The third kappa shape index (κ3) is 22.2. The van der Waals surface area contributed by atoms with E-state index >= 15 is 0 Å². The Balaban J connectivity index is 4.66. The maximum Gasteiger partial charge on any atom is 0.317 e. The summed E-state index contributed by atoms with van der Waals surface area (Å²) in [4.78, 5) is 60.8. The fraction of sp³-hybridized carbons (Fsp3) is 0.792. The van der Waals surface area contributed by atoms with Crippen molar-refractivity contribution in [1.82, 2.24) is 20.0 Å². The van der Waals surface area contributed by atoms with Gasteiger partial charge in [0.15, 0.2) is 0 Å². The summed E-state index contributed by atoms with van der Waals surface area (Å²) in [5.41, 5.74) is 0. The summed E-state index contributed by atoms with van der Waals surface area (Å²) >= 11 is 0. The lowest BCUT2D eigenvalue weighted by molar-refractivity contribution is -0.143. The van der Waals surface area contributed by atoms with Crippen LogP contribution in [0.5, 0.6) is 0 Å². The SMILES string of the molecule is CCCCCCCCCCNC(=O)CN(CCN(CCN(CC(=O)O)CC(=O)O)CC(=O)O)CC(=O)O. The zero-order valence-corrected chi connectivity index (χ0v) is 21.9. The molecule has 0 aliphatic rings. The van der Waals surface area contributed by atoms with E-state index in [2.05, 4.69) is 12.2 Å². The second-order valence-corrected chi connectivity index (χ2v) is 9.10. The topological polar surface area (TPSA) is 188 Å². The van der Waals surface area contributed by atoms with Gasteiger partial charge in [0.25, 0.3) is 0 Å². The van der Waals surface area contributed by atoms with E-state index in [1.54, 1.807) is 0 Å². The molecule has 214 valence electrons. The van der Waals surface area contributed by atoms with Gasteiger partial charge in [0.05, 0.1) is 32.7 Å². The van der Waals surface area contributed by atoms with E-state index in [1.165, 1.54) is 41.9 Å². The molecule has 0 saturated carbocycles. The van der Waals surface area contributed by atoms with Gasteiger partial charge < -0.3 is 25.7 Å². The second-order valence-electron chi connectivity index (χ2n) is 9.10. The zero-order chi connectivity index (χ0) is 28.1. The Bertz CT molecular complexity index is 690. The molecule has 0 saturated heterocycles. The standard InChI is InChI=1S/C24H44N4O9/c1-2-3-4-5-6-7-8-9-10-25-20(29)15-27(17-22(32)33)13-11-26(16-21(30)31)12-14-28(18-23(34)35)19-24(36)37/h2-19H2,1H3,(H,25,29)(H,30,31)(H,32,33)(H,34,35)(H,36,37). The quantitative estimate of drug-likeness (QED) is 0.103. The number of carbonyl (C=O) groups excluding carboxylic acids is 1. The number of nitrogens with one attached hydrogen (secondary N) is 1. The van der Waals surface area contributed by atoms with Gasteiger partial charge in [0, 0.05) is 32.7 Å². The third-order valence-corrected chi connectivity index (χ3v) is 5.62. The van der Waals surface area contributed by atoms with Gasteiger partial charge in [-0.3, -0.25) is 38.7 Å². The van der Waals surface area contributed by atoms with E-state index in [1.807, 2.05) is 0 Å². The highest BCUT2D eigenvalue weighted by Gasteiger charge is 2.19. The van der Waals surface area contributed by atoms with Gasteiger partial charge in [-0.1, -0.05) is 51.9 Å². The molecule has 0 aliphatic carbocycles. The molecule has 37 heavy (non-hydrogen) atoms. The van der Waals surface area contributed by atoms with E-state index in [-0.39, 0.29) is 38.6 Å². The van der Waals surface area contributed by atoms with Crippen LogP contribution in [-0.2, 0) is 24.0 Å². The summed E-state index contributed by atoms with van der Waals surface area (Å²) in [6, 6.07) is 0. The summed E-state index contributed by atoms with van der Waals surface area (Å²) in [6.45, 7) is 0.903. The van der Waals surface area contributed by atoms with E-state index in [4.69, 9.17) is 10.2 Å². The van der Waals surface area contributed by atoms with Crippen molar-refractivity contribution in [3.05, 3.63) is 0 Å². The smallest absolute Gasteiger partial charge is 0.317 e. The van der Waals surface area contributed by atoms with Crippen molar-refractivity contribution in [2.24, 2.45) is 0 Å². The molecule has 0 aromatic rings. The predicted molar refractivity (Wildman–Crippen MR) is 135 cm³/mol. The molecule has 0 heterocycles. The Labute approximate surface area is 218 Å². The molecule has 0 spiro atoms. The number of hydrogen-bond donors (Lipinski definition) is 5. The molecule has 0 radical (unpaired) electrons. The first-order valence-corrected chi connectivity index (χ1v) is 12.8. The van der Waals surface area contributed by atoms with Gasteiger partial charge in [0.2, 0.25) is 5.91 Å². The molecule has 0 atom stereocenters. The Kier molecular flexibility index (Phi) is 19.7. The van der Waals surface area contributed by atoms with Crippen LogP contribution in [0.1, 0.15) is 58.3 Å². The van der Waals surface area contributed by atoms with Crippen molar-refractivity contribution in [1.29, 1.82) is 0 Å². The van der Waals surface area contributed by atoms with Crippen molar-refractivity contribution in [2.75, 3.05) is 65.4 Å². The van der Waals surface area contributed by atoms with Crippen molar-refractivity contribution < 1.29 is 44.4 Å². The first-order chi connectivity index (χ1) is 17.5. The number of amides is 1. The summed E-state index contributed by atoms with van der Waals surface area (Å²) < 4.78 is 0. The van der Waals surface area contributed by atoms with Crippen LogP contribution in [0.3, 0.4) is 0 Å². The van der Waals surface area contributed by atoms with Crippen LogP contribution < -0.4 is 5.32 Å². The molecule has 0 aliphatic heterocycles. The van der Waals surface area contributed by atoms with Crippen LogP contribution in [0, 0.1) is 0 Å². The Morgan fingerprint density at radius 3 is 1.30 bits per heavy atom. The van der Waals surface area contributed by atoms with Crippen molar-refractivity contribution in [2.45, 2.75) is 58.3 Å². The summed E-state index contributed by atoms with van der Waals surface area (Å²) in [6.07, 6.45) is 9.08. The molecule has 0 bridgehead atoms. The Hall–Kier alpha value is -2.77. The highest BCUT2D eigenvalue weighted by molar-refractivity contribution is 5.79. The molecule has 0 rings (SSSR count). The lowest BCUT2D eigenvalue weighted by Crippen LogP contribution is -2.46. The molecule has 1 amide bonds. The lowest BCUT2D eigenvalue weighted by atomic mass is 10.1. The lowest BCUT2D eigenvalue weighted by Gasteiger charge is -2.27. The second kappa shape index (κ2) is 21.3. The number of nitrogens with zero attached hydrogens (tertiary/aromatic N) is 3. The van der Waals surface area contributed by atoms with Gasteiger partial charge in [-0.25, -0.2) is 0 Å². The van der Waals surface area contributed by atoms with Gasteiger partial charge in [-0.05, 0) is 6.42 Å². The molecule has 0 unspecified atom stereocenters. The normalized spacial score (nSPS) is 11.2. The largest absolute Gasteiger partial charge is 0.480 e. The monoisotopic (exact) mass is 532 g/mol. The number of carboxylic acid groups (broad SMARTS) is 4. The van der Waals surface area contributed by atoms with Gasteiger partial charge in [-0.15, -0.1) is 0 Å². The fourth-order valence-corrected chi connectivity index (χ4v) is 3.77. The van der Waals surface area contributed by atoms with Crippen LogP contribution in [0.25, 0.3) is 0 Å². The predicted octanol–water partition coefficient (Wildman–Crippen LogP) is 0.488. The highest BCUT2D eigenvalue weighted by Crippen LogP contribution is 2.08. The number of carboxylic acids is 4.